The lowest BCUT2D eigenvalue weighted by Gasteiger charge is -2.08. The number of nitro benzene ring substituents is 1. The van der Waals surface area contributed by atoms with Crippen molar-refractivity contribution in [1.29, 1.82) is 0 Å². The van der Waals surface area contributed by atoms with E-state index in [0.717, 1.165) is 18.2 Å². The molecule has 0 aliphatic rings. The minimum absolute atomic E-state index is 0.100. The van der Waals surface area contributed by atoms with Gasteiger partial charge in [-0.05, 0) is 30.3 Å². The Balaban J connectivity index is 2.50. The van der Waals surface area contributed by atoms with Gasteiger partial charge in [-0.2, -0.15) is 0 Å². The number of halogens is 1. The first kappa shape index (κ1) is 13.5. The van der Waals surface area contributed by atoms with Crippen LogP contribution in [0.1, 0.15) is 10.4 Å². The van der Waals surface area contributed by atoms with Crippen LogP contribution >= 0.6 is 0 Å². The molecule has 0 bridgehead atoms. The first-order valence-corrected chi connectivity index (χ1v) is 5.43. The van der Waals surface area contributed by atoms with Gasteiger partial charge in [-0.25, -0.2) is 9.18 Å². The van der Waals surface area contributed by atoms with E-state index in [1.807, 2.05) is 0 Å². The standard InChI is InChI=1S/C13H8FNO5/c14-8-4-6-9(7-5-8)20-12-10(13(16)17)2-1-3-11(12)15(18)19/h1-7H,(H,16,17). The van der Waals surface area contributed by atoms with E-state index in [1.165, 1.54) is 24.3 Å². The molecule has 102 valence electrons. The van der Waals surface area contributed by atoms with Crippen LogP contribution in [0.5, 0.6) is 11.5 Å². The fourth-order valence-electron chi connectivity index (χ4n) is 1.56. The molecule has 20 heavy (non-hydrogen) atoms. The van der Waals surface area contributed by atoms with E-state index < -0.39 is 28.1 Å². The van der Waals surface area contributed by atoms with Crippen LogP contribution < -0.4 is 4.74 Å². The Morgan fingerprint density at radius 3 is 2.40 bits per heavy atom. The number of hydrogen-bond acceptors (Lipinski definition) is 4. The lowest BCUT2D eigenvalue weighted by atomic mass is 10.1. The number of hydrogen-bond donors (Lipinski definition) is 1. The Labute approximate surface area is 112 Å². The van der Waals surface area contributed by atoms with Crippen molar-refractivity contribution in [2.75, 3.05) is 0 Å². The van der Waals surface area contributed by atoms with Gasteiger partial charge in [0.05, 0.1) is 4.92 Å². The van der Waals surface area contributed by atoms with E-state index in [2.05, 4.69) is 0 Å². The number of aromatic carboxylic acids is 1. The number of benzene rings is 2. The third-order valence-electron chi connectivity index (χ3n) is 2.45. The highest BCUT2D eigenvalue weighted by Crippen LogP contribution is 2.34. The maximum Gasteiger partial charge on any atom is 0.339 e. The zero-order chi connectivity index (χ0) is 14.7. The average molecular weight is 277 g/mol. The molecule has 0 aliphatic heterocycles. The summed E-state index contributed by atoms with van der Waals surface area (Å²) in [5, 5.41) is 19.9. The van der Waals surface area contributed by atoms with E-state index >= 15 is 0 Å². The summed E-state index contributed by atoms with van der Waals surface area (Å²) in [6, 6.07) is 8.27. The molecule has 0 unspecified atom stereocenters. The lowest BCUT2D eigenvalue weighted by Crippen LogP contribution is -2.03. The molecule has 2 rings (SSSR count). The van der Waals surface area contributed by atoms with Gasteiger partial charge in [-0.3, -0.25) is 10.1 Å². The molecule has 0 atom stereocenters. The SMILES string of the molecule is O=C(O)c1cccc([N+](=O)[O-])c1Oc1ccc(F)cc1. The molecule has 0 amide bonds. The average Bonchev–Trinajstić information content (AvgIpc) is 2.41. The first-order valence-electron chi connectivity index (χ1n) is 5.43. The topological polar surface area (TPSA) is 89.7 Å². The smallest absolute Gasteiger partial charge is 0.339 e. The summed E-state index contributed by atoms with van der Waals surface area (Å²) in [4.78, 5) is 21.2. The van der Waals surface area contributed by atoms with Gasteiger partial charge in [0, 0.05) is 6.07 Å². The van der Waals surface area contributed by atoms with Crippen LogP contribution in [-0.4, -0.2) is 16.0 Å². The van der Waals surface area contributed by atoms with Crippen molar-refractivity contribution >= 4 is 11.7 Å². The van der Waals surface area contributed by atoms with Gasteiger partial charge in [0.2, 0.25) is 5.75 Å². The Kier molecular flexibility index (Phi) is 3.60. The Morgan fingerprint density at radius 1 is 1.20 bits per heavy atom. The Bertz CT molecular complexity index is 637. The summed E-state index contributed by atoms with van der Waals surface area (Å²) in [6.07, 6.45) is 0. The minimum atomic E-state index is -1.36. The quantitative estimate of drug-likeness (QED) is 0.684. The molecule has 0 spiro atoms. The number of carboxylic acids is 1. The fourth-order valence-corrected chi connectivity index (χ4v) is 1.56. The van der Waals surface area contributed by atoms with E-state index in [-0.39, 0.29) is 11.3 Å². The molecular formula is C13H8FNO5. The highest BCUT2D eigenvalue weighted by Gasteiger charge is 2.23. The summed E-state index contributed by atoms with van der Waals surface area (Å²) >= 11 is 0. The normalized spacial score (nSPS) is 10.1. The van der Waals surface area contributed by atoms with Crippen LogP contribution in [0, 0.1) is 15.9 Å². The number of rotatable bonds is 4. The maximum atomic E-state index is 12.8. The second-order valence-electron chi connectivity index (χ2n) is 3.77. The predicted molar refractivity (Wildman–Crippen MR) is 66.5 cm³/mol. The van der Waals surface area contributed by atoms with Gasteiger partial charge >= 0.3 is 11.7 Å². The summed E-state index contributed by atoms with van der Waals surface area (Å²) in [6.45, 7) is 0. The number of ether oxygens (including phenoxy) is 1. The van der Waals surface area contributed by atoms with Crippen molar-refractivity contribution in [2.24, 2.45) is 0 Å². The van der Waals surface area contributed by atoms with Crippen molar-refractivity contribution in [1.82, 2.24) is 0 Å². The number of para-hydroxylation sites is 1. The first-order chi connectivity index (χ1) is 9.49. The number of carbonyl (C=O) groups is 1. The second-order valence-corrected chi connectivity index (χ2v) is 3.77. The summed E-state index contributed by atoms with van der Waals surface area (Å²) in [5.41, 5.74) is -0.822. The Morgan fingerprint density at radius 2 is 1.85 bits per heavy atom. The zero-order valence-electron chi connectivity index (χ0n) is 9.95. The number of nitrogens with zero attached hydrogens (tertiary/aromatic N) is 1. The van der Waals surface area contributed by atoms with Gasteiger partial charge in [0.1, 0.15) is 17.1 Å². The molecule has 6 nitrogen and oxygen atoms in total. The van der Waals surface area contributed by atoms with Crippen LogP contribution in [0.15, 0.2) is 42.5 Å². The molecule has 2 aromatic rings. The third-order valence-corrected chi connectivity index (χ3v) is 2.45. The number of carboxylic acid groups (broad SMARTS) is 1. The summed E-state index contributed by atoms with van der Waals surface area (Å²) in [5.74, 6) is -2.15. The van der Waals surface area contributed by atoms with Crippen LogP contribution in [0.25, 0.3) is 0 Å². The van der Waals surface area contributed by atoms with E-state index in [9.17, 15) is 19.3 Å². The predicted octanol–water partition coefficient (Wildman–Crippen LogP) is 3.22. The largest absolute Gasteiger partial charge is 0.478 e. The molecule has 1 N–H and O–H groups in total. The molecule has 0 heterocycles. The lowest BCUT2D eigenvalue weighted by molar-refractivity contribution is -0.385. The van der Waals surface area contributed by atoms with Crippen LogP contribution in [-0.2, 0) is 0 Å². The molecule has 0 saturated heterocycles. The molecule has 0 fully saturated rings. The molecule has 0 saturated carbocycles. The van der Waals surface area contributed by atoms with E-state index in [0.29, 0.717) is 0 Å². The van der Waals surface area contributed by atoms with Crippen molar-refractivity contribution in [3.05, 3.63) is 64.0 Å². The van der Waals surface area contributed by atoms with Crippen molar-refractivity contribution in [2.45, 2.75) is 0 Å². The fraction of sp³-hybridized carbons (Fsp3) is 0. The minimum Gasteiger partial charge on any atom is -0.478 e. The molecule has 2 aromatic carbocycles. The monoisotopic (exact) mass is 277 g/mol. The van der Waals surface area contributed by atoms with Crippen molar-refractivity contribution < 1.29 is 24.0 Å². The van der Waals surface area contributed by atoms with Gasteiger partial charge in [-0.15, -0.1) is 0 Å². The molecule has 0 aromatic heterocycles. The van der Waals surface area contributed by atoms with Gasteiger partial charge in [-0.1, -0.05) is 6.07 Å². The third kappa shape index (κ3) is 2.72. The van der Waals surface area contributed by atoms with Crippen molar-refractivity contribution in [3.8, 4) is 11.5 Å². The highest BCUT2D eigenvalue weighted by atomic mass is 19.1. The van der Waals surface area contributed by atoms with Crippen LogP contribution in [0.3, 0.4) is 0 Å². The van der Waals surface area contributed by atoms with Gasteiger partial charge < -0.3 is 9.84 Å². The summed E-state index contributed by atoms with van der Waals surface area (Å²) in [7, 11) is 0. The van der Waals surface area contributed by atoms with Gasteiger partial charge in [0.25, 0.3) is 0 Å². The zero-order valence-corrected chi connectivity index (χ0v) is 9.95. The second kappa shape index (κ2) is 5.35. The highest BCUT2D eigenvalue weighted by molar-refractivity contribution is 5.92. The molecule has 0 radical (unpaired) electrons. The van der Waals surface area contributed by atoms with E-state index in [4.69, 9.17) is 9.84 Å². The molecule has 7 heteroatoms. The molecule has 0 aliphatic carbocycles. The maximum absolute atomic E-state index is 12.8. The summed E-state index contributed by atoms with van der Waals surface area (Å²) < 4.78 is 18.0. The van der Waals surface area contributed by atoms with Gasteiger partial charge in [0.15, 0.2) is 0 Å². The van der Waals surface area contributed by atoms with E-state index in [1.54, 1.807) is 0 Å². The van der Waals surface area contributed by atoms with Crippen molar-refractivity contribution in [3.63, 3.8) is 0 Å². The van der Waals surface area contributed by atoms with Crippen LogP contribution in [0.2, 0.25) is 0 Å². The Hall–Kier alpha value is -2.96. The van der Waals surface area contributed by atoms with Crippen LogP contribution in [0.4, 0.5) is 10.1 Å². The number of nitro groups is 1. The molecular weight excluding hydrogens is 269 g/mol.